The van der Waals surface area contributed by atoms with E-state index in [4.69, 9.17) is 14.9 Å². The molecule has 0 aromatic heterocycles. The number of aliphatic hydroxyl groups excluding tert-OH is 1. The number of ether oxygens (including phenoxy) is 1. The third-order valence-corrected chi connectivity index (χ3v) is 3.76. The number of rotatable bonds is 4. The molecule has 1 aliphatic carbocycles. The molecule has 3 atom stereocenters. The van der Waals surface area contributed by atoms with E-state index < -0.39 is 12.0 Å². The van der Waals surface area contributed by atoms with Crippen molar-refractivity contribution in [2.45, 2.75) is 43.9 Å². The molecule has 1 saturated carbocycles. The molecule has 2 rings (SSSR count). The van der Waals surface area contributed by atoms with Gasteiger partial charge in [0.2, 0.25) is 0 Å². The zero-order chi connectivity index (χ0) is 13.8. The minimum absolute atomic E-state index is 0.0134. The Morgan fingerprint density at radius 2 is 2.21 bits per heavy atom. The molecule has 0 aromatic rings. The number of carboxylic acids is 1. The molecule has 2 amide bonds. The summed E-state index contributed by atoms with van der Waals surface area (Å²) >= 11 is 0. The number of hydrogen-bond donors (Lipinski definition) is 3. The molecule has 0 radical (unpaired) electrons. The van der Waals surface area contributed by atoms with E-state index in [1.807, 2.05) is 0 Å². The standard InChI is InChI=1S/C12H20N2O5/c15-6-4-8(11(16)17)13-12(18)14-5-7-19-10-3-1-2-9(10)14/h8-10,15H,1-7H2,(H,13,18)(H,16,17). The quantitative estimate of drug-likeness (QED) is 0.657. The molecule has 1 aliphatic heterocycles. The molecule has 1 saturated heterocycles. The summed E-state index contributed by atoms with van der Waals surface area (Å²) in [5.74, 6) is -1.13. The Morgan fingerprint density at radius 3 is 2.89 bits per heavy atom. The van der Waals surface area contributed by atoms with Crippen LogP contribution >= 0.6 is 0 Å². The molecule has 3 N–H and O–H groups in total. The number of nitrogens with one attached hydrogen (secondary N) is 1. The number of urea groups is 1. The highest BCUT2D eigenvalue weighted by molar-refractivity contribution is 5.82. The van der Waals surface area contributed by atoms with Gasteiger partial charge in [0, 0.05) is 19.6 Å². The number of carbonyl (C=O) groups excluding carboxylic acids is 1. The van der Waals surface area contributed by atoms with Gasteiger partial charge in [-0.15, -0.1) is 0 Å². The van der Waals surface area contributed by atoms with Gasteiger partial charge in [-0.1, -0.05) is 0 Å². The summed E-state index contributed by atoms with van der Waals surface area (Å²) in [6, 6.07) is -1.36. The first-order valence-corrected chi connectivity index (χ1v) is 6.66. The maximum absolute atomic E-state index is 12.1. The Kier molecular flexibility index (Phi) is 4.60. The van der Waals surface area contributed by atoms with E-state index in [1.54, 1.807) is 4.90 Å². The number of aliphatic hydroxyl groups is 1. The van der Waals surface area contributed by atoms with E-state index in [9.17, 15) is 9.59 Å². The summed E-state index contributed by atoms with van der Waals surface area (Å²) in [7, 11) is 0. The maximum atomic E-state index is 12.1. The van der Waals surface area contributed by atoms with E-state index in [2.05, 4.69) is 5.32 Å². The molecule has 7 nitrogen and oxygen atoms in total. The Hall–Kier alpha value is -1.34. The summed E-state index contributed by atoms with van der Waals surface area (Å²) in [5.41, 5.74) is 0. The molecule has 2 fully saturated rings. The lowest BCUT2D eigenvalue weighted by molar-refractivity contribution is -0.139. The number of carbonyl (C=O) groups is 2. The normalized spacial score (nSPS) is 27.7. The first kappa shape index (κ1) is 14.1. The van der Waals surface area contributed by atoms with E-state index in [1.165, 1.54) is 0 Å². The molecular formula is C12H20N2O5. The summed E-state index contributed by atoms with van der Waals surface area (Å²) in [5, 5.41) is 20.3. The SMILES string of the molecule is O=C(O)C(CCO)NC(=O)N1CCOC2CCCC21. The number of hydrogen-bond acceptors (Lipinski definition) is 4. The average molecular weight is 272 g/mol. The summed E-state index contributed by atoms with van der Waals surface area (Å²) in [4.78, 5) is 24.8. The first-order chi connectivity index (χ1) is 9.13. The second-order valence-corrected chi connectivity index (χ2v) is 4.95. The van der Waals surface area contributed by atoms with Crippen LogP contribution < -0.4 is 5.32 Å². The van der Waals surface area contributed by atoms with Gasteiger partial charge in [0.25, 0.3) is 0 Å². The minimum Gasteiger partial charge on any atom is -0.480 e. The predicted molar refractivity (Wildman–Crippen MR) is 65.7 cm³/mol. The van der Waals surface area contributed by atoms with Crippen LogP contribution in [0.3, 0.4) is 0 Å². The van der Waals surface area contributed by atoms with Gasteiger partial charge < -0.3 is 25.2 Å². The van der Waals surface area contributed by atoms with Gasteiger partial charge in [-0.2, -0.15) is 0 Å². The van der Waals surface area contributed by atoms with Crippen molar-refractivity contribution in [3.8, 4) is 0 Å². The highest BCUT2D eigenvalue weighted by Crippen LogP contribution is 2.29. The zero-order valence-corrected chi connectivity index (χ0v) is 10.7. The monoisotopic (exact) mass is 272 g/mol. The van der Waals surface area contributed by atoms with Crippen molar-refractivity contribution < 1.29 is 24.5 Å². The third kappa shape index (κ3) is 3.16. The summed E-state index contributed by atoms with van der Waals surface area (Å²) in [6.45, 7) is 0.706. The van der Waals surface area contributed by atoms with Gasteiger partial charge in [0.1, 0.15) is 6.04 Å². The topological polar surface area (TPSA) is 99.1 Å². The number of amides is 2. The smallest absolute Gasteiger partial charge is 0.326 e. The highest BCUT2D eigenvalue weighted by atomic mass is 16.5. The fraction of sp³-hybridized carbons (Fsp3) is 0.833. The molecular weight excluding hydrogens is 252 g/mol. The van der Waals surface area contributed by atoms with Crippen LogP contribution in [-0.4, -0.2) is 65.1 Å². The van der Waals surface area contributed by atoms with E-state index in [-0.39, 0.29) is 31.2 Å². The highest BCUT2D eigenvalue weighted by Gasteiger charge is 2.39. The van der Waals surface area contributed by atoms with Crippen molar-refractivity contribution in [3.63, 3.8) is 0 Å². The van der Waals surface area contributed by atoms with Crippen molar-refractivity contribution in [1.82, 2.24) is 10.2 Å². The van der Waals surface area contributed by atoms with Crippen molar-refractivity contribution in [1.29, 1.82) is 0 Å². The van der Waals surface area contributed by atoms with Crippen LogP contribution in [0.4, 0.5) is 4.79 Å². The van der Waals surface area contributed by atoms with Crippen molar-refractivity contribution in [3.05, 3.63) is 0 Å². The predicted octanol–water partition coefficient (Wildman–Crippen LogP) is -0.215. The number of carboxylic acid groups (broad SMARTS) is 1. The van der Waals surface area contributed by atoms with E-state index >= 15 is 0 Å². The number of morpholine rings is 1. The average Bonchev–Trinajstić information content (AvgIpc) is 2.85. The molecule has 2 aliphatic rings. The first-order valence-electron chi connectivity index (χ1n) is 6.66. The largest absolute Gasteiger partial charge is 0.480 e. The van der Waals surface area contributed by atoms with Gasteiger partial charge in [0.15, 0.2) is 0 Å². The van der Waals surface area contributed by atoms with Gasteiger partial charge in [-0.3, -0.25) is 0 Å². The van der Waals surface area contributed by atoms with Gasteiger partial charge in [-0.05, 0) is 19.3 Å². The molecule has 108 valence electrons. The number of nitrogens with zero attached hydrogens (tertiary/aromatic N) is 1. The van der Waals surface area contributed by atoms with Crippen molar-refractivity contribution >= 4 is 12.0 Å². The lowest BCUT2D eigenvalue weighted by Crippen LogP contribution is -2.57. The number of aliphatic carboxylic acids is 1. The van der Waals surface area contributed by atoms with Crippen LogP contribution in [0.1, 0.15) is 25.7 Å². The third-order valence-electron chi connectivity index (χ3n) is 3.76. The summed E-state index contributed by atoms with van der Waals surface area (Å²) in [6.07, 6.45) is 2.97. The van der Waals surface area contributed by atoms with E-state index in [0.29, 0.717) is 13.2 Å². The second kappa shape index (κ2) is 6.21. The Morgan fingerprint density at radius 1 is 1.42 bits per heavy atom. The van der Waals surface area contributed by atoms with Crippen LogP contribution in [-0.2, 0) is 9.53 Å². The lowest BCUT2D eigenvalue weighted by Gasteiger charge is -2.38. The van der Waals surface area contributed by atoms with Crippen molar-refractivity contribution in [2.75, 3.05) is 19.8 Å². The molecule has 3 unspecified atom stereocenters. The van der Waals surface area contributed by atoms with Crippen LogP contribution in [0.5, 0.6) is 0 Å². The molecule has 0 spiro atoms. The van der Waals surface area contributed by atoms with E-state index in [0.717, 1.165) is 19.3 Å². The zero-order valence-electron chi connectivity index (χ0n) is 10.7. The number of fused-ring (bicyclic) bond motifs is 1. The maximum Gasteiger partial charge on any atom is 0.326 e. The minimum atomic E-state index is -1.13. The van der Waals surface area contributed by atoms with Crippen LogP contribution in [0, 0.1) is 0 Å². The van der Waals surface area contributed by atoms with Crippen LogP contribution in [0.25, 0.3) is 0 Å². The fourth-order valence-electron chi connectivity index (χ4n) is 2.80. The molecule has 0 bridgehead atoms. The van der Waals surface area contributed by atoms with Gasteiger partial charge in [-0.25, -0.2) is 9.59 Å². The Balaban J connectivity index is 1.96. The molecule has 19 heavy (non-hydrogen) atoms. The molecule has 7 heteroatoms. The second-order valence-electron chi connectivity index (χ2n) is 4.95. The molecule has 0 aromatic carbocycles. The fourth-order valence-corrected chi connectivity index (χ4v) is 2.80. The Labute approximate surface area is 111 Å². The van der Waals surface area contributed by atoms with Crippen LogP contribution in [0.2, 0.25) is 0 Å². The molecule has 1 heterocycles. The lowest BCUT2D eigenvalue weighted by atomic mass is 10.1. The van der Waals surface area contributed by atoms with Crippen molar-refractivity contribution in [2.24, 2.45) is 0 Å². The Bertz CT molecular complexity index is 349. The van der Waals surface area contributed by atoms with Gasteiger partial charge >= 0.3 is 12.0 Å². The van der Waals surface area contributed by atoms with Gasteiger partial charge in [0.05, 0.1) is 18.8 Å². The van der Waals surface area contributed by atoms with Crippen LogP contribution in [0.15, 0.2) is 0 Å². The summed E-state index contributed by atoms with van der Waals surface area (Å²) < 4.78 is 5.60.